The molecule has 1 aliphatic carbocycles. The maximum absolute atomic E-state index is 11.8. The molecule has 2 heterocycles. The van der Waals surface area contributed by atoms with E-state index < -0.39 is 12.0 Å². The molecule has 194 valence electrons. The van der Waals surface area contributed by atoms with E-state index >= 15 is 0 Å². The van der Waals surface area contributed by atoms with Crippen LogP contribution in [0.2, 0.25) is 5.02 Å². The topological polar surface area (TPSA) is 86.5 Å². The first-order valence-corrected chi connectivity index (χ1v) is 13.5. The standard InChI is InChI=1S/C31H30ClN3O3/c32-27-16-24(19-35-15-5-4-8-29(35)31(36)37)30(38-20-21-9-10-21)17-23(27)11-12-28-26(18-33)25(13-14-34-28)22-6-2-1-3-7-22/h1-3,6-7,11-14,16-17,21,29H,4-5,8-10,15,19-20H2,(H,36,37)/b12-11+/t29-/m0/s1. The van der Waals surface area contributed by atoms with Crippen molar-refractivity contribution in [3.63, 3.8) is 0 Å². The molecule has 6 nitrogen and oxygen atoms in total. The van der Waals surface area contributed by atoms with Crippen molar-refractivity contribution < 1.29 is 14.6 Å². The highest BCUT2D eigenvalue weighted by Gasteiger charge is 2.29. The summed E-state index contributed by atoms with van der Waals surface area (Å²) >= 11 is 6.73. The Hall–Kier alpha value is -3.66. The number of aliphatic carboxylic acids is 1. The van der Waals surface area contributed by atoms with Gasteiger partial charge in [0.25, 0.3) is 0 Å². The maximum atomic E-state index is 11.8. The Kier molecular flexibility index (Phi) is 8.07. The summed E-state index contributed by atoms with van der Waals surface area (Å²) in [6, 6.07) is 17.2. The Morgan fingerprint density at radius 1 is 1.16 bits per heavy atom. The van der Waals surface area contributed by atoms with Gasteiger partial charge in [0.15, 0.2) is 0 Å². The lowest BCUT2D eigenvalue weighted by molar-refractivity contribution is -0.144. The Morgan fingerprint density at radius 2 is 1.97 bits per heavy atom. The summed E-state index contributed by atoms with van der Waals surface area (Å²) in [5.41, 5.74) is 4.49. The fourth-order valence-electron chi connectivity index (χ4n) is 4.92. The van der Waals surface area contributed by atoms with Crippen LogP contribution in [0, 0.1) is 17.2 Å². The van der Waals surface area contributed by atoms with E-state index in [1.54, 1.807) is 6.20 Å². The van der Waals surface area contributed by atoms with Gasteiger partial charge in [0.1, 0.15) is 17.9 Å². The summed E-state index contributed by atoms with van der Waals surface area (Å²) in [5.74, 6) is 0.513. The van der Waals surface area contributed by atoms with Crippen molar-refractivity contribution in [2.45, 2.75) is 44.7 Å². The number of benzene rings is 2. The molecule has 1 aliphatic heterocycles. The first kappa shape index (κ1) is 26.0. The fraction of sp³-hybridized carbons (Fsp3) is 0.323. The molecule has 1 saturated heterocycles. The predicted molar refractivity (Wildman–Crippen MR) is 149 cm³/mol. The van der Waals surface area contributed by atoms with Gasteiger partial charge in [-0.2, -0.15) is 5.26 Å². The molecule has 0 amide bonds. The van der Waals surface area contributed by atoms with Crippen LogP contribution in [0.15, 0.2) is 54.7 Å². The molecule has 1 N–H and O–H groups in total. The average molecular weight is 528 g/mol. The monoisotopic (exact) mass is 527 g/mol. The molecule has 3 aromatic rings. The van der Waals surface area contributed by atoms with Crippen molar-refractivity contribution in [1.82, 2.24) is 9.88 Å². The second-order valence-electron chi connectivity index (χ2n) is 9.99. The lowest BCUT2D eigenvalue weighted by Crippen LogP contribution is -2.44. The molecular formula is C31H30ClN3O3. The molecule has 0 bridgehead atoms. The van der Waals surface area contributed by atoms with Crippen molar-refractivity contribution in [1.29, 1.82) is 5.26 Å². The minimum Gasteiger partial charge on any atom is -0.493 e. The van der Waals surface area contributed by atoms with Crippen LogP contribution in [-0.4, -0.2) is 40.2 Å². The number of hydrogen-bond acceptors (Lipinski definition) is 5. The number of pyridine rings is 1. The molecule has 2 aliphatic rings. The summed E-state index contributed by atoms with van der Waals surface area (Å²) in [5, 5.41) is 20.2. The molecule has 7 heteroatoms. The summed E-state index contributed by atoms with van der Waals surface area (Å²) < 4.78 is 6.23. The number of piperidine rings is 1. The zero-order valence-electron chi connectivity index (χ0n) is 21.1. The molecule has 0 spiro atoms. The molecular weight excluding hydrogens is 498 g/mol. The number of hydrogen-bond donors (Lipinski definition) is 1. The molecule has 2 fully saturated rings. The van der Waals surface area contributed by atoms with Gasteiger partial charge in [-0.05, 0) is 73.5 Å². The number of nitrogens with zero attached hydrogens (tertiary/aromatic N) is 3. The van der Waals surface area contributed by atoms with Crippen molar-refractivity contribution in [2.24, 2.45) is 5.92 Å². The number of nitriles is 1. The van der Waals surface area contributed by atoms with Crippen molar-refractivity contribution in [3.05, 3.63) is 82.1 Å². The van der Waals surface area contributed by atoms with Gasteiger partial charge in [0, 0.05) is 28.9 Å². The van der Waals surface area contributed by atoms with E-state index in [1.807, 2.05) is 65.6 Å². The predicted octanol–water partition coefficient (Wildman–Crippen LogP) is 6.67. The smallest absolute Gasteiger partial charge is 0.320 e. The Bertz CT molecular complexity index is 1380. The van der Waals surface area contributed by atoms with Crippen LogP contribution in [0.4, 0.5) is 0 Å². The number of carboxylic acid groups (broad SMARTS) is 1. The lowest BCUT2D eigenvalue weighted by Gasteiger charge is -2.33. The second-order valence-corrected chi connectivity index (χ2v) is 10.4. The van der Waals surface area contributed by atoms with Gasteiger partial charge < -0.3 is 9.84 Å². The van der Waals surface area contributed by atoms with Gasteiger partial charge in [-0.1, -0.05) is 54.4 Å². The van der Waals surface area contributed by atoms with Crippen LogP contribution in [0.1, 0.15) is 54.5 Å². The first-order chi connectivity index (χ1) is 18.5. The number of aromatic nitrogens is 1. The minimum absolute atomic E-state index is 0.472. The zero-order valence-corrected chi connectivity index (χ0v) is 21.9. The van der Waals surface area contributed by atoms with E-state index in [1.165, 1.54) is 12.8 Å². The highest BCUT2D eigenvalue weighted by atomic mass is 35.5. The van der Waals surface area contributed by atoms with Gasteiger partial charge in [-0.25, -0.2) is 0 Å². The van der Waals surface area contributed by atoms with Crippen LogP contribution in [0.5, 0.6) is 5.75 Å². The van der Waals surface area contributed by atoms with E-state index in [-0.39, 0.29) is 0 Å². The average Bonchev–Trinajstić information content (AvgIpc) is 3.77. The van der Waals surface area contributed by atoms with Gasteiger partial charge in [0.05, 0.1) is 17.9 Å². The van der Waals surface area contributed by atoms with E-state index in [4.69, 9.17) is 16.3 Å². The Balaban J connectivity index is 1.45. The summed E-state index contributed by atoms with van der Waals surface area (Å²) in [4.78, 5) is 18.3. The second kappa shape index (κ2) is 11.8. The molecule has 1 aromatic heterocycles. The number of carboxylic acids is 1. The maximum Gasteiger partial charge on any atom is 0.320 e. The lowest BCUT2D eigenvalue weighted by atomic mass is 9.99. The first-order valence-electron chi connectivity index (χ1n) is 13.1. The van der Waals surface area contributed by atoms with E-state index in [0.717, 1.165) is 47.4 Å². The number of carbonyl (C=O) groups is 1. The van der Waals surface area contributed by atoms with Crippen LogP contribution in [0.3, 0.4) is 0 Å². The highest BCUT2D eigenvalue weighted by Crippen LogP contribution is 2.35. The summed E-state index contributed by atoms with van der Waals surface area (Å²) in [7, 11) is 0. The normalized spacial score (nSPS) is 17.8. The third-order valence-electron chi connectivity index (χ3n) is 7.22. The van der Waals surface area contributed by atoms with Gasteiger partial charge in [-0.3, -0.25) is 14.7 Å². The van der Waals surface area contributed by atoms with E-state index in [9.17, 15) is 15.2 Å². The van der Waals surface area contributed by atoms with Crippen molar-refractivity contribution in [2.75, 3.05) is 13.2 Å². The number of likely N-dealkylation sites (tertiary alicyclic amines) is 1. The molecule has 38 heavy (non-hydrogen) atoms. The number of rotatable bonds is 9. The van der Waals surface area contributed by atoms with Gasteiger partial charge in [-0.15, -0.1) is 0 Å². The molecule has 0 unspecified atom stereocenters. The number of halogens is 1. The van der Waals surface area contributed by atoms with Gasteiger partial charge in [0.2, 0.25) is 0 Å². The van der Waals surface area contributed by atoms with Crippen LogP contribution in [0.25, 0.3) is 23.3 Å². The van der Waals surface area contributed by atoms with Crippen molar-refractivity contribution in [3.8, 4) is 22.9 Å². The largest absolute Gasteiger partial charge is 0.493 e. The Labute approximate surface area is 228 Å². The van der Waals surface area contributed by atoms with Crippen LogP contribution >= 0.6 is 11.6 Å². The van der Waals surface area contributed by atoms with E-state index in [0.29, 0.717) is 41.8 Å². The third kappa shape index (κ3) is 6.07. The third-order valence-corrected chi connectivity index (χ3v) is 7.55. The summed E-state index contributed by atoms with van der Waals surface area (Å²) in [6.45, 7) is 1.85. The molecule has 1 atom stereocenters. The SMILES string of the molecule is N#Cc1c(-c2ccccc2)ccnc1/C=C/c1cc(OCC2CC2)c(CN2CCCC[C@H]2C(=O)O)cc1Cl. The zero-order chi connectivity index (χ0) is 26.5. The van der Waals surface area contributed by atoms with Crippen LogP contribution in [-0.2, 0) is 11.3 Å². The molecule has 1 saturated carbocycles. The fourth-order valence-corrected chi connectivity index (χ4v) is 5.16. The van der Waals surface area contributed by atoms with Gasteiger partial charge >= 0.3 is 5.97 Å². The molecule has 5 rings (SSSR count). The Morgan fingerprint density at radius 3 is 2.71 bits per heavy atom. The highest BCUT2D eigenvalue weighted by molar-refractivity contribution is 6.32. The summed E-state index contributed by atoms with van der Waals surface area (Å²) in [6.07, 6.45) is 10.3. The quantitative estimate of drug-likeness (QED) is 0.334. The van der Waals surface area contributed by atoms with E-state index in [2.05, 4.69) is 11.1 Å². The van der Waals surface area contributed by atoms with Crippen molar-refractivity contribution >= 4 is 29.7 Å². The van der Waals surface area contributed by atoms with Crippen LogP contribution < -0.4 is 4.74 Å². The number of ether oxygens (including phenoxy) is 1. The molecule has 2 aromatic carbocycles. The molecule has 0 radical (unpaired) electrons. The minimum atomic E-state index is -0.783.